The van der Waals surface area contributed by atoms with E-state index in [2.05, 4.69) is 0 Å². The quantitative estimate of drug-likeness (QED) is 0.884. The van der Waals surface area contributed by atoms with Crippen LogP contribution in [0, 0.1) is 6.92 Å². The Morgan fingerprint density at radius 2 is 1.65 bits per heavy atom. The molecule has 1 aliphatic heterocycles. The van der Waals surface area contributed by atoms with Crippen molar-refractivity contribution in [3.8, 4) is 5.75 Å². The van der Waals surface area contributed by atoms with Gasteiger partial charge in [0.25, 0.3) is 0 Å². The van der Waals surface area contributed by atoms with Gasteiger partial charge in [0.2, 0.25) is 5.91 Å². The number of aryl methyl sites for hydroxylation is 1. The zero-order chi connectivity index (χ0) is 18.3. The standard InChI is InChI=1S/C22H21NO3/c1-14-5-9-16(10-6-14)23-19-3-2-4-20(25)22(19)18(13-21(23)26)15-7-11-17(24)12-8-15/h5-12,18,24H,2-4,13H2,1H3. The van der Waals surface area contributed by atoms with E-state index >= 15 is 0 Å². The lowest BCUT2D eigenvalue weighted by Crippen LogP contribution is -2.40. The smallest absolute Gasteiger partial charge is 0.232 e. The Bertz CT molecular complexity index is 894. The van der Waals surface area contributed by atoms with Gasteiger partial charge in [0, 0.05) is 35.7 Å². The number of rotatable bonds is 2. The number of carbonyl (C=O) groups excluding carboxylic acids is 2. The molecule has 1 heterocycles. The maximum atomic E-state index is 13.0. The molecular formula is C22H21NO3. The van der Waals surface area contributed by atoms with Gasteiger partial charge in [0.05, 0.1) is 0 Å². The molecule has 4 heteroatoms. The van der Waals surface area contributed by atoms with E-state index in [0.29, 0.717) is 6.42 Å². The number of phenolic OH excluding ortho intramolecular Hbond substituents is 1. The fourth-order valence-electron chi connectivity index (χ4n) is 3.98. The lowest BCUT2D eigenvalue weighted by Gasteiger charge is -2.38. The number of allylic oxidation sites excluding steroid dienone is 2. The van der Waals surface area contributed by atoms with Gasteiger partial charge in [-0.1, -0.05) is 29.8 Å². The van der Waals surface area contributed by atoms with Crippen LogP contribution in [0.5, 0.6) is 5.75 Å². The summed E-state index contributed by atoms with van der Waals surface area (Å²) in [6.07, 6.45) is 2.30. The molecule has 1 atom stereocenters. The molecule has 2 aromatic carbocycles. The van der Waals surface area contributed by atoms with Crippen molar-refractivity contribution in [2.45, 2.75) is 38.5 Å². The van der Waals surface area contributed by atoms with Crippen LogP contribution in [-0.4, -0.2) is 16.8 Å². The molecule has 0 fully saturated rings. The van der Waals surface area contributed by atoms with Crippen molar-refractivity contribution in [3.63, 3.8) is 0 Å². The average molecular weight is 347 g/mol. The predicted molar refractivity (Wildman–Crippen MR) is 100 cm³/mol. The molecule has 4 rings (SSSR count). The molecule has 0 spiro atoms. The summed E-state index contributed by atoms with van der Waals surface area (Å²) in [5.74, 6) is 0.100. The van der Waals surface area contributed by atoms with E-state index in [9.17, 15) is 14.7 Å². The van der Waals surface area contributed by atoms with Gasteiger partial charge in [-0.2, -0.15) is 0 Å². The minimum absolute atomic E-state index is 0.0142. The van der Waals surface area contributed by atoms with Crippen LogP contribution in [-0.2, 0) is 9.59 Å². The van der Waals surface area contributed by atoms with Gasteiger partial charge >= 0.3 is 0 Å². The minimum atomic E-state index is -0.229. The molecule has 132 valence electrons. The highest BCUT2D eigenvalue weighted by atomic mass is 16.3. The normalized spacial score (nSPS) is 20.3. The Morgan fingerprint density at radius 1 is 0.962 bits per heavy atom. The number of anilines is 1. The first-order valence-electron chi connectivity index (χ1n) is 8.99. The summed E-state index contributed by atoms with van der Waals surface area (Å²) in [6, 6.07) is 14.7. The molecule has 0 aromatic heterocycles. The highest BCUT2D eigenvalue weighted by Gasteiger charge is 2.39. The van der Waals surface area contributed by atoms with Gasteiger partial charge in [0.1, 0.15) is 5.75 Å². The van der Waals surface area contributed by atoms with Crippen LogP contribution in [0.3, 0.4) is 0 Å². The summed E-state index contributed by atoms with van der Waals surface area (Å²) in [6.45, 7) is 2.01. The van der Waals surface area contributed by atoms with E-state index < -0.39 is 0 Å². The minimum Gasteiger partial charge on any atom is -0.508 e. The lowest BCUT2D eigenvalue weighted by molar-refractivity contribution is -0.119. The first-order chi connectivity index (χ1) is 12.5. The van der Waals surface area contributed by atoms with Gasteiger partial charge < -0.3 is 5.11 Å². The molecule has 0 saturated heterocycles. The third kappa shape index (κ3) is 2.81. The number of carbonyl (C=O) groups is 2. The van der Waals surface area contributed by atoms with Crippen molar-refractivity contribution in [2.24, 2.45) is 0 Å². The molecule has 1 aliphatic carbocycles. The fourth-order valence-corrected chi connectivity index (χ4v) is 3.98. The highest BCUT2D eigenvalue weighted by Crippen LogP contribution is 2.43. The summed E-state index contributed by atoms with van der Waals surface area (Å²) in [5.41, 5.74) is 4.48. The van der Waals surface area contributed by atoms with Gasteiger partial charge in [0.15, 0.2) is 5.78 Å². The predicted octanol–water partition coefficient (Wildman–Crippen LogP) is 4.23. The van der Waals surface area contributed by atoms with Gasteiger partial charge in [-0.3, -0.25) is 14.5 Å². The third-order valence-electron chi connectivity index (χ3n) is 5.26. The van der Waals surface area contributed by atoms with Gasteiger partial charge in [-0.25, -0.2) is 0 Å². The van der Waals surface area contributed by atoms with Gasteiger partial charge in [-0.05, 0) is 49.6 Å². The molecule has 4 nitrogen and oxygen atoms in total. The third-order valence-corrected chi connectivity index (χ3v) is 5.26. The van der Waals surface area contributed by atoms with Crippen LogP contribution in [0.4, 0.5) is 5.69 Å². The fraction of sp³-hybridized carbons (Fsp3) is 0.273. The van der Waals surface area contributed by atoms with E-state index in [0.717, 1.165) is 40.9 Å². The first kappa shape index (κ1) is 16.6. The van der Waals surface area contributed by atoms with Gasteiger partial charge in [-0.15, -0.1) is 0 Å². The van der Waals surface area contributed by atoms with Crippen LogP contribution in [0.2, 0.25) is 0 Å². The Labute approximate surface area is 152 Å². The number of phenols is 1. The molecule has 26 heavy (non-hydrogen) atoms. The summed E-state index contributed by atoms with van der Waals surface area (Å²) >= 11 is 0. The molecular weight excluding hydrogens is 326 g/mol. The zero-order valence-electron chi connectivity index (χ0n) is 14.7. The summed E-state index contributed by atoms with van der Waals surface area (Å²) in [7, 11) is 0. The average Bonchev–Trinajstić information content (AvgIpc) is 2.63. The van der Waals surface area contributed by atoms with Crippen LogP contribution in [0.25, 0.3) is 0 Å². The summed E-state index contributed by atoms with van der Waals surface area (Å²) in [5, 5.41) is 9.55. The van der Waals surface area contributed by atoms with Crippen molar-refractivity contribution >= 4 is 17.4 Å². The Balaban J connectivity index is 1.84. The van der Waals surface area contributed by atoms with Crippen LogP contribution < -0.4 is 4.90 Å². The second kappa shape index (κ2) is 6.45. The maximum Gasteiger partial charge on any atom is 0.232 e. The second-order valence-corrected chi connectivity index (χ2v) is 7.05. The van der Waals surface area contributed by atoms with Crippen molar-refractivity contribution in [1.29, 1.82) is 0 Å². The van der Waals surface area contributed by atoms with Crippen LogP contribution in [0.1, 0.15) is 42.7 Å². The molecule has 0 bridgehead atoms. The largest absolute Gasteiger partial charge is 0.508 e. The first-order valence-corrected chi connectivity index (χ1v) is 8.99. The number of benzene rings is 2. The van der Waals surface area contributed by atoms with E-state index in [-0.39, 0.29) is 29.8 Å². The molecule has 1 amide bonds. The number of ketones is 1. The molecule has 1 unspecified atom stereocenters. The number of aromatic hydroxyl groups is 1. The summed E-state index contributed by atoms with van der Waals surface area (Å²) in [4.78, 5) is 27.5. The maximum absolute atomic E-state index is 13.0. The van der Waals surface area contributed by atoms with E-state index in [1.54, 1.807) is 29.2 Å². The van der Waals surface area contributed by atoms with Crippen molar-refractivity contribution in [3.05, 3.63) is 70.9 Å². The number of hydrogen-bond acceptors (Lipinski definition) is 3. The molecule has 0 radical (unpaired) electrons. The Hall–Kier alpha value is -2.88. The number of nitrogens with zero attached hydrogens (tertiary/aromatic N) is 1. The topological polar surface area (TPSA) is 57.6 Å². The van der Waals surface area contributed by atoms with Crippen molar-refractivity contribution in [2.75, 3.05) is 4.90 Å². The van der Waals surface area contributed by atoms with E-state index in [4.69, 9.17) is 0 Å². The second-order valence-electron chi connectivity index (χ2n) is 7.05. The van der Waals surface area contributed by atoms with Crippen LogP contribution >= 0.6 is 0 Å². The molecule has 2 aliphatic rings. The molecule has 1 N–H and O–H groups in total. The lowest BCUT2D eigenvalue weighted by atomic mass is 9.77. The molecule has 2 aromatic rings. The van der Waals surface area contributed by atoms with Crippen molar-refractivity contribution < 1.29 is 14.7 Å². The number of hydrogen-bond donors (Lipinski definition) is 1. The molecule has 0 saturated carbocycles. The Morgan fingerprint density at radius 3 is 2.35 bits per heavy atom. The summed E-state index contributed by atoms with van der Waals surface area (Å²) < 4.78 is 0. The van der Waals surface area contributed by atoms with E-state index in [1.165, 1.54) is 0 Å². The highest BCUT2D eigenvalue weighted by molar-refractivity contribution is 6.07. The monoisotopic (exact) mass is 347 g/mol. The van der Waals surface area contributed by atoms with E-state index in [1.807, 2.05) is 31.2 Å². The van der Waals surface area contributed by atoms with Crippen molar-refractivity contribution in [1.82, 2.24) is 0 Å². The number of amides is 1. The Kier molecular flexibility index (Phi) is 4.11. The zero-order valence-corrected chi connectivity index (χ0v) is 14.7. The number of Topliss-reactive ketones (excluding diaryl/α,β-unsaturated/α-hetero) is 1. The van der Waals surface area contributed by atoms with Crippen LogP contribution in [0.15, 0.2) is 59.8 Å². The SMILES string of the molecule is Cc1ccc(N2C(=O)CC(c3ccc(O)cc3)C3=C2CCCC3=O)cc1.